The average Bonchev–Trinajstić information content (AvgIpc) is 3.41. The quantitative estimate of drug-likeness (QED) is 0.363. The Balaban J connectivity index is 0.00000181. The number of anilines is 3. The molecule has 8 nitrogen and oxygen atoms in total. The van der Waals surface area contributed by atoms with Crippen molar-refractivity contribution in [2.24, 2.45) is 0 Å². The van der Waals surface area contributed by atoms with Gasteiger partial charge >= 0.3 is 7.12 Å². The lowest BCUT2D eigenvalue weighted by Gasteiger charge is -2.37. The second-order valence-corrected chi connectivity index (χ2v) is 11.9. The standard InChI is InChI=1S/C27H41BFN5O3S.C2H6/c1-7-19-22(8-11-30-38)34(18-9-14-35-15-10-18)31-25(19)33-13-12-32(6)23-16-20(21(29)17-24(23)33)28-36-26(2,3)27(4,5)37-28;1-2/h16-18,30,38H,7-15H2,1-6H3;1-2H3. The SMILES string of the molecule is CC.CCc1c(N2CCN(C)c3cc(B4OC(C)(C)C(C)(C)O4)c(F)cc32)nn(C2CCOCC2)c1CCNS. The van der Waals surface area contributed by atoms with Gasteiger partial charge in [0.1, 0.15) is 5.82 Å². The maximum Gasteiger partial charge on any atom is 0.497 e. The Kier molecular flexibility index (Phi) is 9.82. The van der Waals surface area contributed by atoms with E-state index in [1.165, 1.54) is 11.3 Å². The molecule has 0 radical (unpaired) electrons. The van der Waals surface area contributed by atoms with Crippen LogP contribution >= 0.6 is 12.8 Å². The normalized spacial score (nSPS) is 20.4. The van der Waals surface area contributed by atoms with Crippen LogP contribution in [0.4, 0.5) is 21.6 Å². The summed E-state index contributed by atoms with van der Waals surface area (Å²) in [4.78, 5) is 4.37. The zero-order valence-corrected chi connectivity index (χ0v) is 26.4. The molecule has 3 aliphatic rings. The Bertz CT molecular complexity index is 1160. The number of benzene rings is 1. The number of ether oxygens (including phenoxy) is 1. The molecule has 1 aromatic heterocycles. The van der Waals surface area contributed by atoms with Crippen molar-refractivity contribution < 1.29 is 18.4 Å². The molecule has 0 aliphatic carbocycles. The van der Waals surface area contributed by atoms with E-state index in [1.807, 2.05) is 54.7 Å². The van der Waals surface area contributed by atoms with Gasteiger partial charge in [0, 0.05) is 63.0 Å². The van der Waals surface area contributed by atoms with Gasteiger partial charge in [0.25, 0.3) is 0 Å². The predicted molar refractivity (Wildman–Crippen MR) is 165 cm³/mol. The van der Waals surface area contributed by atoms with Gasteiger partial charge in [0.05, 0.1) is 28.6 Å². The minimum atomic E-state index is -0.756. The fourth-order valence-corrected chi connectivity index (χ4v) is 5.80. The Hall–Kier alpha value is -1.79. The molecule has 5 rings (SSSR count). The molecular formula is C29H47BFN5O3S. The number of likely N-dealkylation sites (N-methyl/N-ethyl adjacent to an activating group) is 1. The topological polar surface area (TPSA) is 64.0 Å². The van der Waals surface area contributed by atoms with Crippen LogP contribution in [0, 0.1) is 5.82 Å². The van der Waals surface area contributed by atoms with Gasteiger partial charge in [0.2, 0.25) is 0 Å². The lowest BCUT2D eigenvalue weighted by molar-refractivity contribution is 0.00578. The number of rotatable bonds is 7. The van der Waals surface area contributed by atoms with Crippen LogP contribution in [0.1, 0.15) is 78.6 Å². The number of hydrogen-bond donors (Lipinski definition) is 2. The summed E-state index contributed by atoms with van der Waals surface area (Å²) in [7, 11) is 1.29. The highest BCUT2D eigenvalue weighted by atomic mass is 32.1. The van der Waals surface area contributed by atoms with Crippen LogP contribution in [-0.2, 0) is 26.9 Å². The van der Waals surface area contributed by atoms with Gasteiger partial charge in [-0.15, -0.1) is 0 Å². The molecule has 1 aromatic carbocycles. The molecule has 0 saturated carbocycles. The third-order valence-corrected chi connectivity index (χ3v) is 8.90. The van der Waals surface area contributed by atoms with Gasteiger partial charge in [-0.2, -0.15) is 5.10 Å². The summed E-state index contributed by atoms with van der Waals surface area (Å²) < 4.78 is 39.0. The number of hydrogen-bond acceptors (Lipinski definition) is 8. The van der Waals surface area contributed by atoms with E-state index in [2.05, 4.69) is 38.9 Å². The first-order chi connectivity index (χ1) is 19.1. The van der Waals surface area contributed by atoms with E-state index in [0.29, 0.717) is 11.5 Å². The van der Waals surface area contributed by atoms with E-state index >= 15 is 4.39 Å². The maximum atomic E-state index is 15.8. The zero-order chi connectivity index (χ0) is 29.2. The molecule has 0 bridgehead atoms. The third-order valence-electron chi connectivity index (χ3n) is 8.68. The van der Waals surface area contributed by atoms with Crippen molar-refractivity contribution >= 4 is 42.6 Å². The first-order valence-corrected chi connectivity index (χ1v) is 15.3. The highest BCUT2D eigenvalue weighted by Crippen LogP contribution is 2.42. The maximum absolute atomic E-state index is 15.8. The molecule has 2 aromatic rings. The lowest BCUT2D eigenvalue weighted by atomic mass is 9.78. The van der Waals surface area contributed by atoms with Gasteiger partial charge < -0.3 is 23.8 Å². The molecule has 0 atom stereocenters. The summed E-state index contributed by atoms with van der Waals surface area (Å²) >= 11 is 4.23. The number of halogens is 1. The van der Waals surface area contributed by atoms with Crippen LogP contribution in [0.15, 0.2) is 12.1 Å². The minimum Gasteiger partial charge on any atom is -0.399 e. The van der Waals surface area contributed by atoms with E-state index in [4.69, 9.17) is 19.1 Å². The van der Waals surface area contributed by atoms with Gasteiger partial charge in [-0.1, -0.05) is 33.6 Å². The van der Waals surface area contributed by atoms with E-state index in [0.717, 1.165) is 75.7 Å². The third kappa shape index (κ3) is 5.77. The van der Waals surface area contributed by atoms with Crippen molar-refractivity contribution in [2.75, 3.05) is 49.7 Å². The number of nitrogens with one attached hydrogen (secondary N) is 1. The fraction of sp³-hybridized carbons (Fsp3) is 0.690. The fourth-order valence-electron chi connectivity index (χ4n) is 5.69. The van der Waals surface area contributed by atoms with Gasteiger partial charge in [-0.3, -0.25) is 9.40 Å². The second-order valence-electron chi connectivity index (χ2n) is 11.6. The zero-order valence-electron chi connectivity index (χ0n) is 25.5. The van der Waals surface area contributed by atoms with Crippen molar-refractivity contribution in [3.05, 3.63) is 29.2 Å². The van der Waals surface area contributed by atoms with Crippen molar-refractivity contribution in [3.63, 3.8) is 0 Å². The monoisotopic (exact) mass is 575 g/mol. The van der Waals surface area contributed by atoms with Crippen LogP contribution in [0.25, 0.3) is 0 Å². The Morgan fingerprint density at radius 1 is 1.07 bits per heavy atom. The van der Waals surface area contributed by atoms with E-state index in [1.54, 1.807) is 6.07 Å². The largest absolute Gasteiger partial charge is 0.497 e. The molecular weight excluding hydrogens is 528 g/mol. The summed E-state index contributed by atoms with van der Waals surface area (Å²) in [5, 5.41) is 5.22. The molecule has 222 valence electrons. The molecule has 11 heteroatoms. The molecule has 0 unspecified atom stereocenters. The summed E-state index contributed by atoms with van der Waals surface area (Å²) in [6.45, 7) is 17.9. The van der Waals surface area contributed by atoms with Gasteiger partial charge in [-0.05, 0) is 59.1 Å². The van der Waals surface area contributed by atoms with Crippen molar-refractivity contribution in [1.82, 2.24) is 14.5 Å². The number of fused-ring (bicyclic) bond motifs is 1. The molecule has 40 heavy (non-hydrogen) atoms. The van der Waals surface area contributed by atoms with Crippen LogP contribution in [0.5, 0.6) is 0 Å². The highest BCUT2D eigenvalue weighted by molar-refractivity contribution is 7.78. The Labute approximate surface area is 245 Å². The average molecular weight is 576 g/mol. The first kappa shape index (κ1) is 31.2. The van der Waals surface area contributed by atoms with Crippen LogP contribution in [-0.4, -0.2) is 68.0 Å². The van der Waals surface area contributed by atoms with E-state index < -0.39 is 18.3 Å². The first-order valence-electron chi connectivity index (χ1n) is 14.8. The van der Waals surface area contributed by atoms with Crippen LogP contribution in [0.3, 0.4) is 0 Å². The molecule has 1 N–H and O–H groups in total. The molecule has 3 aliphatic heterocycles. The summed E-state index contributed by atoms with van der Waals surface area (Å²) in [5.74, 6) is 0.592. The predicted octanol–water partition coefficient (Wildman–Crippen LogP) is 4.83. The molecule has 2 saturated heterocycles. The molecule has 0 amide bonds. The lowest BCUT2D eigenvalue weighted by Crippen LogP contribution is -2.41. The molecule has 4 heterocycles. The number of nitrogens with zero attached hydrogens (tertiary/aromatic N) is 4. The van der Waals surface area contributed by atoms with Gasteiger partial charge in [-0.25, -0.2) is 4.39 Å². The highest BCUT2D eigenvalue weighted by Gasteiger charge is 2.52. The number of thiol groups is 1. The van der Waals surface area contributed by atoms with Crippen molar-refractivity contribution in [1.29, 1.82) is 0 Å². The Morgan fingerprint density at radius 3 is 2.33 bits per heavy atom. The van der Waals surface area contributed by atoms with Crippen molar-refractivity contribution in [2.45, 2.75) is 91.4 Å². The second kappa shape index (κ2) is 12.6. The van der Waals surface area contributed by atoms with E-state index in [9.17, 15) is 0 Å². The summed E-state index contributed by atoms with van der Waals surface area (Å²) in [6, 6.07) is 3.83. The summed E-state index contributed by atoms with van der Waals surface area (Å²) in [5.41, 5.74) is 3.56. The molecule has 0 spiro atoms. The van der Waals surface area contributed by atoms with Crippen LogP contribution in [0.2, 0.25) is 0 Å². The van der Waals surface area contributed by atoms with E-state index in [-0.39, 0.29) is 5.82 Å². The molecule has 2 fully saturated rings. The number of aromatic nitrogens is 2. The van der Waals surface area contributed by atoms with Crippen LogP contribution < -0.4 is 20.0 Å². The van der Waals surface area contributed by atoms with Crippen molar-refractivity contribution in [3.8, 4) is 0 Å². The Morgan fingerprint density at radius 2 is 1.73 bits per heavy atom. The summed E-state index contributed by atoms with van der Waals surface area (Å²) in [6.07, 6.45) is 3.55. The smallest absolute Gasteiger partial charge is 0.399 e. The van der Waals surface area contributed by atoms with Gasteiger partial charge in [0.15, 0.2) is 5.82 Å². The minimum absolute atomic E-state index is 0.298.